The van der Waals surface area contributed by atoms with E-state index in [0.717, 1.165) is 17.0 Å². The maximum atomic E-state index is 13.4. The Bertz CT molecular complexity index is 922. The van der Waals surface area contributed by atoms with Gasteiger partial charge in [-0.1, -0.05) is 6.07 Å². The zero-order chi connectivity index (χ0) is 16.7. The van der Waals surface area contributed by atoms with Crippen molar-refractivity contribution in [3.63, 3.8) is 0 Å². The Morgan fingerprint density at radius 1 is 1.21 bits per heavy atom. The van der Waals surface area contributed by atoms with E-state index in [0.29, 0.717) is 18.8 Å². The first-order valence-electron chi connectivity index (χ1n) is 7.71. The van der Waals surface area contributed by atoms with Crippen LogP contribution in [-0.4, -0.2) is 40.1 Å². The van der Waals surface area contributed by atoms with Crippen LogP contribution >= 0.6 is 0 Å². The molecule has 1 amide bonds. The summed E-state index contributed by atoms with van der Waals surface area (Å²) in [6.07, 6.45) is 3.46. The van der Waals surface area contributed by atoms with Gasteiger partial charge >= 0.3 is 0 Å². The van der Waals surface area contributed by atoms with Crippen molar-refractivity contribution in [1.29, 1.82) is 0 Å². The SMILES string of the molecule is Cn1c(N2CCN(c3cccc(F)c3)C(=O)C2)nc2ccncc21. The number of hydrogen-bond acceptors (Lipinski definition) is 4. The predicted molar refractivity (Wildman–Crippen MR) is 89.5 cm³/mol. The molecule has 0 bridgehead atoms. The molecule has 4 rings (SSSR count). The topological polar surface area (TPSA) is 54.3 Å². The van der Waals surface area contributed by atoms with E-state index in [1.165, 1.54) is 12.1 Å². The lowest BCUT2D eigenvalue weighted by Crippen LogP contribution is -2.51. The van der Waals surface area contributed by atoms with Crippen LogP contribution in [0.1, 0.15) is 0 Å². The molecule has 0 atom stereocenters. The molecule has 0 aliphatic carbocycles. The van der Waals surface area contributed by atoms with E-state index >= 15 is 0 Å². The minimum atomic E-state index is -0.342. The van der Waals surface area contributed by atoms with Crippen LogP contribution in [0.2, 0.25) is 0 Å². The van der Waals surface area contributed by atoms with Gasteiger partial charge in [-0.15, -0.1) is 0 Å². The molecule has 1 fully saturated rings. The number of imidazole rings is 1. The second kappa shape index (κ2) is 5.59. The Morgan fingerprint density at radius 3 is 2.83 bits per heavy atom. The maximum absolute atomic E-state index is 13.4. The lowest BCUT2D eigenvalue weighted by atomic mass is 10.2. The van der Waals surface area contributed by atoms with E-state index in [9.17, 15) is 9.18 Å². The van der Waals surface area contributed by atoms with Gasteiger partial charge < -0.3 is 14.4 Å². The molecule has 1 saturated heterocycles. The first kappa shape index (κ1) is 14.6. The molecule has 3 aromatic rings. The number of nitrogens with zero attached hydrogens (tertiary/aromatic N) is 5. The molecule has 1 aromatic carbocycles. The molecule has 1 aliphatic rings. The summed E-state index contributed by atoms with van der Waals surface area (Å²) < 4.78 is 15.3. The van der Waals surface area contributed by atoms with Gasteiger partial charge in [-0.3, -0.25) is 9.78 Å². The van der Waals surface area contributed by atoms with Crippen molar-refractivity contribution in [1.82, 2.24) is 14.5 Å². The summed E-state index contributed by atoms with van der Waals surface area (Å²) in [7, 11) is 1.91. The molecule has 122 valence electrons. The van der Waals surface area contributed by atoms with Crippen LogP contribution in [0, 0.1) is 5.82 Å². The minimum Gasteiger partial charge on any atom is -0.331 e. The molecule has 6 nitrogen and oxygen atoms in total. The Morgan fingerprint density at radius 2 is 2.08 bits per heavy atom. The van der Waals surface area contributed by atoms with Crippen LogP contribution in [0.5, 0.6) is 0 Å². The quantitative estimate of drug-likeness (QED) is 0.723. The van der Waals surface area contributed by atoms with Gasteiger partial charge in [0, 0.05) is 32.0 Å². The second-order valence-corrected chi connectivity index (χ2v) is 5.78. The lowest BCUT2D eigenvalue weighted by Gasteiger charge is -2.34. The number of amides is 1. The summed E-state index contributed by atoms with van der Waals surface area (Å²) in [5, 5.41) is 0. The third kappa shape index (κ3) is 2.38. The molecule has 2 aromatic heterocycles. The van der Waals surface area contributed by atoms with Gasteiger partial charge in [0.25, 0.3) is 0 Å². The number of aryl methyl sites for hydroxylation is 1. The third-order valence-electron chi connectivity index (χ3n) is 4.28. The number of carbonyl (C=O) groups is 1. The van der Waals surface area contributed by atoms with Crippen molar-refractivity contribution in [2.75, 3.05) is 29.4 Å². The highest BCUT2D eigenvalue weighted by Gasteiger charge is 2.28. The molecule has 0 saturated carbocycles. The van der Waals surface area contributed by atoms with E-state index in [1.807, 2.05) is 22.6 Å². The lowest BCUT2D eigenvalue weighted by molar-refractivity contribution is -0.117. The molecule has 7 heteroatoms. The highest BCUT2D eigenvalue weighted by atomic mass is 19.1. The van der Waals surface area contributed by atoms with Crippen LogP contribution in [0.15, 0.2) is 42.7 Å². The Labute approximate surface area is 138 Å². The van der Waals surface area contributed by atoms with Crippen LogP contribution in [0.3, 0.4) is 0 Å². The molecular formula is C17H16FN5O. The number of fused-ring (bicyclic) bond motifs is 1. The highest BCUT2D eigenvalue weighted by molar-refractivity contribution is 5.97. The number of hydrogen-bond donors (Lipinski definition) is 0. The Balaban J connectivity index is 1.60. The average Bonchev–Trinajstić information content (AvgIpc) is 2.92. The van der Waals surface area contributed by atoms with Crippen molar-refractivity contribution in [2.24, 2.45) is 7.05 Å². The van der Waals surface area contributed by atoms with E-state index in [4.69, 9.17) is 0 Å². The predicted octanol–water partition coefficient (Wildman–Crippen LogP) is 1.96. The number of benzene rings is 1. The molecule has 0 radical (unpaired) electrons. The van der Waals surface area contributed by atoms with Crippen molar-refractivity contribution in [3.8, 4) is 0 Å². The van der Waals surface area contributed by atoms with Crippen LogP contribution in [0.25, 0.3) is 11.0 Å². The summed E-state index contributed by atoms with van der Waals surface area (Å²) >= 11 is 0. The van der Waals surface area contributed by atoms with Crippen LogP contribution in [0.4, 0.5) is 16.0 Å². The Kier molecular flexibility index (Phi) is 3.41. The van der Waals surface area contributed by atoms with E-state index in [-0.39, 0.29) is 18.3 Å². The number of piperazine rings is 1. The fourth-order valence-corrected chi connectivity index (χ4v) is 3.07. The van der Waals surface area contributed by atoms with E-state index in [2.05, 4.69) is 9.97 Å². The first-order chi connectivity index (χ1) is 11.6. The minimum absolute atomic E-state index is 0.0722. The molecule has 0 N–H and O–H groups in total. The highest BCUT2D eigenvalue weighted by Crippen LogP contribution is 2.24. The standard InChI is InChI=1S/C17H16FN5O/c1-21-15-10-19-6-5-14(15)20-17(21)22-7-8-23(16(24)11-22)13-4-2-3-12(18)9-13/h2-6,9-10H,7-8,11H2,1H3. The summed E-state index contributed by atoms with van der Waals surface area (Å²) in [4.78, 5) is 24.8. The smallest absolute Gasteiger partial charge is 0.246 e. The number of anilines is 2. The average molecular weight is 325 g/mol. The first-order valence-corrected chi connectivity index (χ1v) is 7.71. The molecular weight excluding hydrogens is 309 g/mol. The van der Waals surface area contributed by atoms with Gasteiger partial charge in [-0.25, -0.2) is 9.37 Å². The van der Waals surface area contributed by atoms with E-state index < -0.39 is 0 Å². The van der Waals surface area contributed by atoms with Crippen LogP contribution in [-0.2, 0) is 11.8 Å². The summed E-state index contributed by atoms with van der Waals surface area (Å²) in [5.74, 6) is 0.327. The summed E-state index contributed by atoms with van der Waals surface area (Å²) in [5.41, 5.74) is 2.36. The Hall–Kier alpha value is -2.96. The zero-order valence-corrected chi connectivity index (χ0v) is 13.2. The summed E-state index contributed by atoms with van der Waals surface area (Å²) in [6, 6.07) is 7.97. The monoisotopic (exact) mass is 325 g/mol. The largest absolute Gasteiger partial charge is 0.331 e. The van der Waals surface area contributed by atoms with Crippen molar-refractivity contribution < 1.29 is 9.18 Å². The fraction of sp³-hybridized carbons (Fsp3) is 0.235. The van der Waals surface area contributed by atoms with E-state index in [1.54, 1.807) is 29.4 Å². The molecule has 3 heterocycles. The third-order valence-corrected chi connectivity index (χ3v) is 4.28. The molecule has 24 heavy (non-hydrogen) atoms. The van der Waals surface area contributed by atoms with Gasteiger partial charge in [0.15, 0.2) is 0 Å². The van der Waals surface area contributed by atoms with Gasteiger partial charge in [-0.05, 0) is 24.3 Å². The van der Waals surface area contributed by atoms with Crippen molar-refractivity contribution in [2.45, 2.75) is 0 Å². The maximum Gasteiger partial charge on any atom is 0.246 e. The number of rotatable bonds is 2. The van der Waals surface area contributed by atoms with Crippen molar-refractivity contribution >= 4 is 28.6 Å². The van der Waals surface area contributed by atoms with Crippen molar-refractivity contribution in [3.05, 3.63) is 48.5 Å². The number of aromatic nitrogens is 3. The number of carbonyl (C=O) groups excluding carboxylic acids is 1. The molecule has 0 spiro atoms. The van der Waals surface area contributed by atoms with Gasteiger partial charge in [0.1, 0.15) is 12.4 Å². The normalized spacial score (nSPS) is 15.3. The zero-order valence-electron chi connectivity index (χ0n) is 13.2. The second-order valence-electron chi connectivity index (χ2n) is 5.78. The van der Waals surface area contributed by atoms with Gasteiger partial charge in [0.05, 0.1) is 17.2 Å². The molecule has 0 unspecified atom stereocenters. The van der Waals surface area contributed by atoms with Gasteiger partial charge in [-0.2, -0.15) is 0 Å². The molecule has 1 aliphatic heterocycles. The summed E-state index contributed by atoms with van der Waals surface area (Å²) in [6.45, 7) is 1.33. The number of halogens is 1. The fourth-order valence-electron chi connectivity index (χ4n) is 3.07. The van der Waals surface area contributed by atoms with Crippen LogP contribution < -0.4 is 9.80 Å². The van der Waals surface area contributed by atoms with Gasteiger partial charge in [0.2, 0.25) is 11.9 Å². The number of pyridine rings is 1.